The minimum absolute atomic E-state index is 0.00172. The summed E-state index contributed by atoms with van der Waals surface area (Å²) in [6, 6.07) is 3.91. The monoisotopic (exact) mass is 347 g/mol. The summed E-state index contributed by atoms with van der Waals surface area (Å²) >= 11 is 1.44. The summed E-state index contributed by atoms with van der Waals surface area (Å²) in [7, 11) is 5.04. The topological polar surface area (TPSA) is 62.7 Å². The molecule has 2 aromatic rings. The first kappa shape index (κ1) is 16.9. The maximum atomic E-state index is 12.6. The zero-order valence-electron chi connectivity index (χ0n) is 14.1. The molecule has 2 aromatic heterocycles. The van der Waals surface area contributed by atoms with Gasteiger partial charge in [0.05, 0.1) is 4.88 Å². The minimum Gasteiger partial charge on any atom is -0.375 e. The molecule has 1 aliphatic heterocycles. The van der Waals surface area contributed by atoms with E-state index in [4.69, 9.17) is 4.74 Å². The van der Waals surface area contributed by atoms with Crippen LogP contribution in [0.1, 0.15) is 27.6 Å². The first-order valence-electron chi connectivity index (χ1n) is 7.88. The van der Waals surface area contributed by atoms with Gasteiger partial charge in [-0.2, -0.15) is 0 Å². The van der Waals surface area contributed by atoms with Gasteiger partial charge in [-0.15, -0.1) is 11.3 Å². The Labute approximate surface area is 145 Å². The molecular weight excluding hydrogens is 326 g/mol. The SMILES string of the molecule is COCC(=O)N1CC[C@@H](c2c(C(=O)N(C)C)sc3ncccc23)C1. The van der Waals surface area contributed by atoms with Crippen LogP contribution in [-0.2, 0) is 9.53 Å². The van der Waals surface area contributed by atoms with Crippen LogP contribution in [0.3, 0.4) is 0 Å². The Hall–Kier alpha value is -1.99. The summed E-state index contributed by atoms with van der Waals surface area (Å²) in [4.78, 5) is 34.1. The molecule has 2 amide bonds. The highest BCUT2D eigenvalue weighted by atomic mass is 32.1. The van der Waals surface area contributed by atoms with Crippen molar-refractivity contribution >= 4 is 33.4 Å². The first-order valence-corrected chi connectivity index (χ1v) is 8.70. The van der Waals surface area contributed by atoms with Crippen LogP contribution in [0.15, 0.2) is 18.3 Å². The molecule has 3 heterocycles. The van der Waals surface area contributed by atoms with Crippen molar-refractivity contribution in [1.29, 1.82) is 0 Å². The molecule has 1 aliphatic rings. The number of carbonyl (C=O) groups is 2. The predicted octanol–water partition coefficient (Wildman–Crippen LogP) is 1.96. The highest BCUT2D eigenvalue weighted by Gasteiger charge is 2.33. The third-order valence-electron chi connectivity index (χ3n) is 4.32. The van der Waals surface area contributed by atoms with Crippen LogP contribution in [0.4, 0.5) is 0 Å². The van der Waals surface area contributed by atoms with Crippen molar-refractivity contribution in [1.82, 2.24) is 14.8 Å². The number of pyridine rings is 1. The quantitative estimate of drug-likeness (QED) is 0.848. The molecular formula is C17H21N3O3S. The van der Waals surface area contributed by atoms with E-state index >= 15 is 0 Å². The number of likely N-dealkylation sites (tertiary alicyclic amines) is 1. The van der Waals surface area contributed by atoms with E-state index in [0.717, 1.165) is 27.1 Å². The van der Waals surface area contributed by atoms with Crippen LogP contribution in [0.25, 0.3) is 10.2 Å². The largest absolute Gasteiger partial charge is 0.375 e. The maximum Gasteiger partial charge on any atom is 0.263 e. The van der Waals surface area contributed by atoms with Gasteiger partial charge in [0.25, 0.3) is 5.91 Å². The molecule has 6 nitrogen and oxygen atoms in total. The average molecular weight is 347 g/mol. The summed E-state index contributed by atoms with van der Waals surface area (Å²) < 4.78 is 4.95. The van der Waals surface area contributed by atoms with Crippen LogP contribution < -0.4 is 0 Å². The van der Waals surface area contributed by atoms with Crippen LogP contribution in [0.2, 0.25) is 0 Å². The normalized spacial score (nSPS) is 17.5. The number of amides is 2. The Kier molecular flexibility index (Phi) is 4.82. The molecule has 3 rings (SSSR count). The van der Waals surface area contributed by atoms with Crippen molar-refractivity contribution in [3.8, 4) is 0 Å². The number of carbonyl (C=O) groups excluding carboxylic acids is 2. The van der Waals surface area contributed by atoms with Gasteiger partial charge in [-0.3, -0.25) is 9.59 Å². The lowest BCUT2D eigenvalue weighted by atomic mass is 9.95. The zero-order valence-corrected chi connectivity index (χ0v) is 14.9. The third-order valence-corrected chi connectivity index (χ3v) is 5.44. The fourth-order valence-corrected chi connectivity index (χ4v) is 4.41. The molecule has 128 valence electrons. The third kappa shape index (κ3) is 3.01. The molecule has 1 atom stereocenters. The zero-order chi connectivity index (χ0) is 17.3. The molecule has 0 radical (unpaired) electrons. The first-order chi connectivity index (χ1) is 11.5. The van der Waals surface area contributed by atoms with E-state index in [0.29, 0.717) is 13.1 Å². The van der Waals surface area contributed by atoms with E-state index in [2.05, 4.69) is 4.98 Å². The Morgan fingerprint density at radius 1 is 1.46 bits per heavy atom. The highest BCUT2D eigenvalue weighted by Crippen LogP contribution is 2.39. The number of ether oxygens (including phenoxy) is 1. The van der Waals surface area contributed by atoms with Gasteiger partial charge in [0.15, 0.2) is 0 Å². The van der Waals surface area contributed by atoms with E-state index in [1.54, 1.807) is 25.2 Å². The molecule has 0 saturated carbocycles. The number of thiophene rings is 1. The van der Waals surface area contributed by atoms with Crippen molar-refractivity contribution < 1.29 is 14.3 Å². The summed E-state index contributed by atoms with van der Waals surface area (Å²) in [5.41, 5.74) is 1.04. The van der Waals surface area contributed by atoms with E-state index in [1.165, 1.54) is 18.4 Å². The molecule has 0 N–H and O–H groups in total. The summed E-state index contributed by atoms with van der Waals surface area (Å²) in [5.74, 6) is 0.149. The van der Waals surface area contributed by atoms with Crippen LogP contribution in [0.5, 0.6) is 0 Å². The van der Waals surface area contributed by atoms with Crippen molar-refractivity contribution in [3.63, 3.8) is 0 Å². The number of methoxy groups -OCH3 is 1. The minimum atomic E-state index is -0.00494. The van der Waals surface area contributed by atoms with Crippen molar-refractivity contribution in [3.05, 3.63) is 28.8 Å². The fraction of sp³-hybridized carbons (Fsp3) is 0.471. The highest BCUT2D eigenvalue weighted by molar-refractivity contribution is 7.20. The lowest BCUT2D eigenvalue weighted by Crippen LogP contribution is -2.31. The average Bonchev–Trinajstić information content (AvgIpc) is 3.18. The van der Waals surface area contributed by atoms with Gasteiger partial charge < -0.3 is 14.5 Å². The number of fused-ring (bicyclic) bond motifs is 1. The summed E-state index contributed by atoms with van der Waals surface area (Å²) in [5, 5.41) is 1.03. The second kappa shape index (κ2) is 6.86. The van der Waals surface area contributed by atoms with Crippen molar-refractivity contribution in [2.75, 3.05) is 40.9 Å². The van der Waals surface area contributed by atoms with Gasteiger partial charge in [0.1, 0.15) is 11.4 Å². The second-order valence-corrected chi connectivity index (χ2v) is 7.16. The van der Waals surface area contributed by atoms with Crippen LogP contribution >= 0.6 is 11.3 Å². The number of hydrogen-bond donors (Lipinski definition) is 0. The molecule has 0 spiro atoms. The maximum absolute atomic E-state index is 12.6. The van der Waals surface area contributed by atoms with Crippen LogP contribution in [0, 0.1) is 0 Å². The fourth-order valence-electron chi connectivity index (χ4n) is 3.16. The number of nitrogens with zero attached hydrogens (tertiary/aromatic N) is 3. The van der Waals surface area contributed by atoms with Gasteiger partial charge in [-0.25, -0.2) is 4.98 Å². The molecule has 1 fully saturated rings. The van der Waals surface area contributed by atoms with Gasteiger partial charge in [-0.05, 0) is 18.1 Å². The Morgan fingerprint density at radius 2 is 2.25 bits per heavy atom. The van der Waals surface area contributed by atoms with Crippen molar-refractivity contribution in [2.45, 2.75) is 12.3 Å². The Balaban J connectivity index is 1.98. The second-order valence-electron chi connectivity index (χ2n) is 6.16. The van der Waals surface area contributed by atoms with E-state index in [1.807, 2.05) is 17.0 Å². The number of hydrogen-bond acceptors (Lipinski definition) is 5. The van der Waals surface area contributed by atoms with Gasteiger partial charge in [0, 0.05) is 51.8 Å². The van der Waals surface area contributed by atoms with E-state index < -0.39 is 0 Å². The molecule has 0 unspecified atom stereocenters. The number of rotatable bonds is 4. The molecule has 0 aliphatic carbocycles. The molecule has 0 bridgehead atoms. The van der Waals surface area contributed by atoms with E-state index in [-0.39, 0.29) is 24.3 Å². The standard InChI is InChI=1S/C17H21N3O3S/c1-19(2)17(22)15-14(12-5-4-7-18-16(12)24-15)11-6-8-20(9-11)13(21)10-23-3/h4-5,7,11H,6,8-10H2,1-3H3/t11-/m1/s1. The predicted molar refractivity (Wildman–Crippen MR) is 93.5 cm³/mol. The van der Waals surface area contributed by atoms with E-state index in [9.17, 15) is 9.59 Å². The van der Waals surface area contributed by atoms with Gasteiger partial charge in [0.2, 0.25) is 5.91 Å². The number of aromatic nitrogens is 1. The smallest absolute Gasteiger partial charge is 0.263 e. The molecule has 0 aromatic carbocycles. The molecule has 7 heteroatoms. The Bertz CT molecular complexity index is 772. The molecule has 24 heavy (non-hydrogen) atoms. The van der Waals surface area contributed by atoms with Crippen molar-refractivity contribution in [2.24, 2.45) is 0 Å². The van der Waals surface area contributed by atoms with Gasteiger partial charge >= 0.3 is 0 Å². The summed E-state index contributed by atoms with van der Waals surface area (Å²) in [6.45, 7) is 1.42. The lowest BCUT2D eigenvalue weighted by Gasteiger charge is -2.17. The Morgan fingerprint density at radius 3 is 2.96 bits per heavy atom. The summed E-state index contributed by atoms with van der Waals surface area (Å²) in [6.07, 6.45) is 2.60. The van der Waals surface area contributed by atoms with Gasteiger partial charge in [-0.1, -0.05) is 6.07 Å². The molecule has 1 saturated heterocycles. The van der Waals surface area contributed by atoms with Crippen LogP contribution in [-0.4, -0.2) is 67.5 Å². The lowest BCUT2D eigenvalue weighted by molar-refractivity contribution is -0.134.